The van der Waals surface area contributed by atoms with E-state index in [1.54, 1.807) is 25.1 Å². The molecule has 0 fully saturated rings. The average molecular weight is 562 g/mol. The van der Waals surface area contributed by atoms with Crippen molar-refractivity contribution in [3.63, 3.8) is 0 Å². The van der Waals surface area contributed by atoms with Crippen LogP contribution in [0.1, 0.15) is 29.5 Å². The number of rotatable bonds is 8. The molecule has 6 nitrogen and oxygen atoms in total. The van der Waals surface area contributed by atoms with E-state index in [0.717, 1.165) is 17.8 Å². The first-order chi connectivity index (χ1) is 18.0. The number of allylic oxidation sites excluding steroid dienone is 2. The van der Waals surface area contributed by atoms with Gasteiger partial charge in [-0.25, -0.2) is 4.79 Å². The molecule has 0 spiro atoms. The van der Waals surface area contributed by atoms with E-state index in [-0.39, 0.29) is 39.8 Å². The van der Waals surface area contributed by atoms with Gasteiger partial charge in [0.2, 0.25) is 5.91 Å². The molecule has 0 aromatic heterocycles. The standard InChI is InChI=1S/C27H23ClF3N3O3S/c1-4-12-37-26(36)23-16(3)33-25(38-14-22(35)34-21-11-7-10-20(28)15(21)2)18(13-32)24(23)17-8-5-6-9-19(17)27(29,30)31/h4-11,24,33H,1,12,14H2,2-3H3,(H,34,35)/t24-/m1/s1. The number of dihydropyridines is 1. The Kier molecular flexibility index (Phi) is 9.31. The lowest BCUT2D eigenvalue weighted by atomic mass is 9.80. The molecule has 0 saturated carbocycles. The number of alkyl halides is 3. The number of amides is 1. The number of carbonyl (C=O) groups excluding carboxylic acids is 2. The summed E-state index contributed by atoms with van der Waals surface area (Å²) in [5.41, 5.74) is -0.160. The van der Waals surface area contributed by atoms with Crippen LogP contribution in [-0.2, 0) is 20.5 Å². The zero-order valence-electron chi connectivity index (χ0n) is 20.4. The smallest absolute Gasteiger partial charge is 0.416 e. The first-order valence-electron chi connectivity index (χ1n) is 11.2. The molecule has 1 aliphatic heterocycles. The quantitative estimate of drug-likeness (QED) is 0.284. The number of nitrogens with zero attached hydrogens (tertiary/aromatic N) is 1. The maximum absolute atomic E-state index is 14.0. The van der Waals surface area contributed by atoms with Crippen LogP contribution < -0.4 is 10.6 Å². The zero-order chi connectivity index (χ0) is 28.0. The van der Waals surface area contributed by atoms with E-state index in [1.165, 1.54) is 31.2 Å². The fourth-order valence-corrected chi connectivity index (χ4v) is 4.96. The summed E-state index contributed by atoms with van der Waals surface area (Å²) in [6, 6.07) is 11.7. The maximum Gasteiger partial charge on any atom is 0.416 e. The Morgan fingerprint density at radius 1 is 1.24 bits per heavy atom. The van der Waals surface area contributed by atoms with Gasteiger partial charge in [0, 0.05) is 16.4 Å². The topological polar surface area (TPSA) is 91.2 Å². The number of esters is 1. The monoisotopic (exact) mass is 561 g/mol. The van der Waals surface area contributed by atoms with Crippen molar-refractivity contribution >= 4 is 40.9 Å². The summed E-state index contributed by atoms with van der Waals surface area (Å²) in [6.07, 6.45) is -3.42. The minimum Gasteiger partial charge on any atom is -0.458 e. The number of hydrogen-bond acceptors (Lipinski definition) is 6. The highest BCUT2D eigenvalue weighted by atomic mass is 35.5. The Bertz CT molecular complexity index is 1380. The van der Waals surface area contributed by atoms with Gasteiger partial charge in [0.15, 0.2) is 0 Å². The molecule has 1 atom stereocenters. The van der Waals surface area contributed by atoms with E-state index in [0.29, 0.717) is 16.3 Å². The van der Waals surface area contributed by atoms with Crippen molar-refractivity contribution in [1.82, 2.24) is 5.32 Å². The maximum atomic E-state index is 14.0. The fraction of sp³-hybridized carbons (Fsp3) is 0.222. The van der Waals surface area contributed by atoms with Crippen molar-refractivity contribution in [3.05, 3.63) is 98.7 Å². The van der Waals surface area contributed by atoms with Crippen LogP contribution in [0.25, 0.3) is 0 Å². The fourth-order valence-electron chi connectivity index (χ4n) is 3.89. The van der Waals surface area contributed by atoms with E-state index in [4.69, 9.17) is 16.3 Å². The van der Waals surface area contributed by atoms with Crippen LogP contribution in [-0.4, -0.2) is 24.2 Å². The van der Waals surface area contributed by atoms with Gasteiger partial charge >= 0.3 is 12.1 Å². The normalized spacial score (nSPS) is 15.4. The number of nitrogens with one attached hydrogen (secondary N) is 2. The molecule has 1 heterocycles. The molecule has 38 heavy (non-hydrogen) atoms. The van der Waals surface area contributed by atoms with Gasteiger partial charge in [-0.1, -0.05) is 60.3 Å². The second-order valence-electron chi connectivity index (χ2n) is 8.17. The Morgan fingerprint density at radius 2 is 1.95 bits per heavy atom. The number of ether oxygens (including phenoxy) is 1. The van der Waals surface area contributed by atoms with Crippen LogP contribution in [0.2, 0.25) is 5.02 Å². The highest BCUT2D eigenvalue weighted by Gasteiger charge is 2.41. The molecular weight excluding hydrogens is 539 g/mol. The van der Waals surface area contributed by atoms with E-state index < -0.39 is 29.5 Å². The van der Waals surface area contributed by atoms with Crippen molar-refractivity contribution < 1.29 is 27.5 Å². The number of hydrogen-bond donors (Lipinski definition) is 2. The van der Waals surface area contributed by atoms with Crippen molar-refractivity contribution in [2.24, 2.45) is 0 Å². The largest absolute Gasteiger partial charge is 0.458 e. The molecule has 198 valence electrons. The minimum atomic E-state index is -4.74. The molecule has 0 aliphatic carbocycles. The Hall–Kier alpha value is -3.68. The first-order valence-corrected chi connectivity index (χ1v) is 12.6. The van der Waals surface area contributed by atoms with Gasteiger partial charge in [0.25, 0.3) is 0 Å². The molecular formula is C27H23ClF3N3O3S. The van der Waals surface area contributed by atoms with Gasteiger partial charge in [-0.05, 0) is 43.2 Å². The van der Waals surface area contributed by atoms with E-state index in [1.807, 2.05) is 6.07 Å². The van der Waals surface area contributed by atoms with Crippen LogP contribution >= 0.6 is 23.4 Å². The van der Waals surface area contributed by atoms with Crippen molar-refractivity contribution in [2.75, 3.05) is 17.7 Å². The molecule has 1 aliphatic rings. The molecule has 11 heteroatoms. The molecule has 0 saturated heterocycles. The Labute approximate surface area is 227 Å². The lowest BCUT2D eigenvalue weighted by Crippen LogP contribution is -2.30. The van der Waals surface area contributed by atoms with Gasteiger partial charge < -0.3 is 15.4 Å². The molecule has 2 aromatic rings. The predicted molar refractivity (Wildman–Crippen MR) is 141 cm³/mol. The molecule has 0 unspecified atom stereocenters. The number of anilines is 1. The summed E-state index contributed by atoms with van der Waals surface area (Å²) in [6.45, 7) is 6.55. The number of carbonyl (C=O) groups is 2. The van der Waals surface area contributed by atoms with Gasteiger partial charge in [-0.2, -0.15) is 18.4 Å². The van der Waals surface area contributed by atoms with Crippen molar-refractivity contribution in [3.8, 4) is 6.07 Å². The summed E-state index contributed by atoms with van der Waals surface area (Å²) >= 11 is 7.03. The number of benzene rings is 2. The number of nitriles is 1. The molecule has 2 N–H and O–H groups in total. The van der Waals surface area contributed by atoms with E-state index >= 15 is 0 Å². The first kappa shape index (κ1) is 28.9. The van der Waals surface area contributed by atoms with E-state index in [2.05, 4.69) is 17.2 Å². The Balaban J connectivity index is 2.01. The van der Waals surface area contributed by atoms with E-state index in [9.17, 15) is 28.0 Å². The second-order valence-corrected chi connectivity index (χ2v) is 9.57. The third-order valence-electron chi connectivity index (χ3n) is 5.67. The van der Waals surface area contributed by atoms with Crippen LogP contribution in [0.15, 0.2) is 77.0 Å². The highest BCUT2D eigenvalue weighted by Crippen LogP contribution is 2.45. The van der Waals surface area contributed by atoms with Crippen molar-refractivity contribution in [2.45, 2.75) is 25.9 Å². The van der Waals surface area contributed by atoms with Gasteiger partial charge in [-0.3, -0.25) is 4.79 Å². The third-order valence-corrected chi connectivity index (χ3v) is 7.09. The van der Waals surface area contributed by atoms with Crippen LogP contribution in [0, 0.1) is 18.3 Å². The van der Waals surface area contributed by atoms with Gasteiger partial charge in [-0.15, -0.1) is 0 Å². The van der Waals surface area contributed by atoms with Crippen LogP contribution in [0.3, 0.4) is 0 Å². The lowest BCUT2D eigenvalue weighted by molar-refractivity contribution is -0.140. The highest BCUT2D eigenvalue weighted by molar-refractivity contribution is 8.03. The Morgan fingerprint density at radius 3 is 2.61 bits per heavy atom. The number of thioether (sulfide) groups is 1. The average Bonchev–Trinajstić information content (AvgIpc) is 2.87. The summed E-state index contributed by atoms with van der Waals surface area (Å²) < 4.78 is 47.0. The lowest BCUT2D eigenvalue weighted by Gasteiger charge is -2.30. The third kappa shape index (κ3) is 6.41. The predicted octanol–water partition coefficient (Wildman–Crippen LogP) is 6.46. The van der Waals surface area contributed by atoms with Crippen LogP contribution in [0.5, 0.6) is 0 Å². The molecule has 0 bridgehead atoms. The second kappa shape index (κ2) is 12.2. The molecule has 3 rings (SSSR count). The molecule has 0 radical (unpaired) electrons. The van der Waals surface area contributed by atoms with Gasteiger partial charge in [0.05, 0.1) is 39.5 Å². The van der Waals surface area contributed by atoms with Crippen molar-refractivity contribution in [1.29, 1.82) is 5.26 Å². The van der Waals surface area contributed by atoms with Gasteiger partial charge in [0.1, 0.15) is 6.61 Å². The number of halogens is 4. The molecule has 1 amide bonds. The summed E-state index contributed by atoms with van der Waals surface area (Å²) in [5.74, 6) is -2.85. The summed E-state index contributed by atoms with van der Waals surface area (Å²) in [4.78, 5) is 25.6. The summed E-state index contributed by atoms with van der Waals surface area (Å²) in [5, 5.41) is 16.3. The zero-order valence-corrected chi connectivity index (χ0v) is 22.0. The van der Waals surface area contributed by atoms with Crippen LogP contribution in [0.4, 0.5) is 18.9 Å². The SMILES string of the molecule is C=CCOC(=O)C1=C(C)NC(SCC(=O)Nc2cccc(Cl)c2C)=C(C#N)[C@H]1c1ccccc1C(F)(F)F. The molecule has 2 aromatic carbocycles. The minimum absolute atomic E-state index is 0.136. The summed E-state index contributed by atoms with van der Waals surface area (Å²) in [7, 11) is 0.